The zero-order valence-corrected chi connectivity index (χ0v) is 5.00. The molecule has 0 fully saturated rings. The molecule has 0 amide bonds. The highest BCUT2D eigenvalue weighted by Gasteiger charge is 1.99. The van der Waals surface area contributed by atoms with Crippen LogP contribution in [0.25, 0.3) is 0 Å². The summed E-state index contributed by atoms with van der Waals surface area (Å²) in [5, 5.41) is 6.71. The van der Waals surface area contributed by atoms with Crippen LogP contribution in [0.1, 0.15) is 5.69 Å². The third-order valence-electron chi connectivity index (χ3n) is 0.937. The Balaban J connectivity index is 3.21. The molecule has 0 aromatic carbocycles. The van der Waals surface area contributed by atoms with Crippen LogP contribution in [0.5, 0.6) is 0 Å². The number of hydrogen-bond donors (Lipinski definition) is 2. The van der Waals surface area contributed by atoms with E-state index in [1.807, 2.05) is 0 Å². The summed E-state index contributed by atoms with van der Waals surface area (Å²) in [5.41, 5.74) is 5.26. The molecule has 0 aliphatic carbocycles. The van der Waals surface area contributed by atoms with Crippen molar-refractivity contribution in [2.45, 2.75) is 0 Å². The number of rotatable bonds is 1. The van der Waals surface area contributed by atoms with Crippen LogP contribution in [0.4, 0.5) is 10.2 Å². The van der Waals surface area contributed by atoms with Crippen molar-refractivity contribution < 1.29 is 4.39 Å². The lowest BCUT2D eigenvalue weighted by molar-refractivity contribution is 0.576. The number of aromatic nitrogens is 2. The molecular weight excluding hydrogens is 135 g/mol. The Kier molecular flexibility index (Phi) is 1.57. The maximum atomic E-state index is 12.2. The Morgan fingerprint density at radius 2 is 2.40 bits per heavy atom. The van der Waals surface area contributed by atoms with Gasteiger partial charge in [0.1, 0.15) is 5.69 Å². The normalized spacial score (nSPS) is 9.30. The van der Waals surface area contributed by atoms with Crippen LogP contribution in [-0.2, 0) is 0 Å². The monoisotopic (exact) mass is 140 g/mol. The fraction of sp³-hybridized carbons (Fsp3) is 0. The van der Waals surface area contributed by atoms with E-state index in [4.69, 9.17) is 11.1 Å². The summed E-state index contributed by atoms with van der Waals surface area (Å²) in [6.45, 7) is 0. The van der Waals surface area contributed by atoms with E-state index in [1.54, 1.807) is 0 Å². The minimum Gasteiger partial charge on any atom is -0.382 e. The van der Waals surface area contributed by atoms with Crippen LogP contribution in [0.15, 0.2) is 6.20 Å². The van der Waals surface area contributed by atoms with Crippen LogP contribution in [-0.4, -0.2) is 16.2 Å². The average molecular weight is 140 g/mol. The van der Waals surface area contributed by atoms with E-state index in [9.17, 15) is 4.39 Å². The number of nitrogens with one attached hydrogen (secondary N) is 1. The van der Waals surface area contributed by atoms with Crippen LogP contribution >= 0.6 is 0 Å². The number of anilines is 1. The molecule has 1 aromatic rings. The fourth-order valence-electron chi connectivity index (χ4n) is 0.496. The van der Waals surface area contributed by atoms with E-state index in [-0.39, 0.29) is 11.5 Å². The van der Waals surface area contributed by atoms with Gasteiger partial charge in [0.2, 0.25) is 5.95 Å². The van der Waals surface area contributed by atoms with Gasteiger partial charge in [0.05, 0.1) is 6.20 Å². The predicted molar refractivity (Wildman–Crippen MR) is 34.3 cm³/mol. The van der Waals surface area contributed by atoms with Crippen molar-refractivity contribution in [1.82, 2.24) is 9.97 Å². The molecule has 0 unspecified atom stereocenters. The lowest BCUT2D eigenvalue weighted by atomic mass is 10.4. The molecule has 1 rings (SSSR count). The molecule has 1 aromatic heterocycles. The van der Waals surface area contributed by atoms with Gasteiger partial charge in [0, 0.05) is 6.21 Å². The molecule has 10 heavy (non-hydrogen) atoms. The molecule has 0 saturated heterocycles. The largest absolute Gasteiger partial charge is 0.382 e. The zero-order valence-electron chi connectivity index (χ0n) is 5.00. The van der Waals surface area contributed by atoms with Gasteiger partial charge in [-0.3, -0.25) is 0 Å². The number of halogens is 1. The summed E-state index contributed by atoms with van der Waals surface area (Å²) in [5.74, 6) is -0.663. The molecule has 0 bridgehead atoms. The molecule has 3 N–H and O–H groups in total. The van der Waals surface area contributed by atoms with E-state index < -0.39 is 5.95 Å². The van der Waals surface area contributed by atoms with Gasteiger partial charge in [0.15, 0.2) is 5.82 Å². The molecule has 5 heteroatoms. The first-order valence-electron chi connectivity index (χ1n) is 2.52. The smallest absolute Gasteiger partial charge is 0.232 e. The van der Waals surface area contributed by atoms with E-state index in [0.717, 1.165) is 12.4 Å². The minimum atomic E-state index is -0.729. The second-order valence-corrected chi connectivity index (χ2v) is 1.61. The topological polar surface area (TPSA) is 75.7 Å². The summed E-state index contributed by atoms with van der Waals surface area (Å²) in [6, 6.07) is 0. The highest BCUT2D eigenvalue weighted by molar-refractivity contribution is 5.80. The van der Waals surface area contributed by atoms with Gasteiger partial charge < -0.3 is 11.1 Å². The molecular formula is C5H5FN4. The molecule has 0 atom stereocenters. The van der Waals surface area contributed by atoms with Gasteiger partial charge >= 0.3 is 0 Å². The molecule has 0 aliphatic rings. The number of nitrogens with zero attached hydrogens (tertiary/aromatic N) is 2. The van der Waals surface area contributed by atoms with Gasteiger partial charge in [-0.2, -0.15) is 4.39 Å². The molecule has 52 valence electrons. The van der Waals surface area contributed by atoms with E-state index in [0.29, 0.717) is 0 Å². The summed E-state index contributed by atoms with van der Waals surface area (Å²) in [6.07, 6.45) is 1.76. The first-order chi connectivity index (χ1) is 4.74. The van der Waals surface area contributed by atoms with Crippen molar-refractivity contribution in [3.8, 4) is 0 Å². The third kappa shape index (κ3) is 1.07. The molecule has 0 radical (unpaired) electrons. The van der Waals surface area contributed by atoms with Crippen molar-refractivity contribution in [3.63, 3.8) is 0 Å². The van der Waals surface area contributed by atoms with Crippen LogP contribution in [0, 0.1) is 11.4 Å². The second-order valence-electron chi connectivity index (χ2n) is 1.61. The van der Waals surface area contributed by atoms with Gasteiger partial charge in [-0.05, 0) is 0 Å². The number of nitrogens with two attached hydrogens (primary N) is 1. The zero-order chi connectivity index (χ0) is 7.56. The average Bonchev–Trinajstić information content (AvgIpc) is 1.94. The Morgan fingerprint density at radius 3 is 2.90 bits per heavy atom. The molecule has 0 aliphatic heterocycles. The lowest BCUT2D eigenvalue weighted by Crippen LogP contribution is -2.01. The van der Waals surface area contributed by atoms with Crippen molar-refractivity contribution >= 4 is 12.0 Å². The maximum absolute atomic E-state index is 12.2. The van der Waals surface area contributed by atoms with Crippen molar-refractivity contribution in [2.24, 2.45) is 0 Å². The number of hydrogen-bond acceptors (Lipinski definition) is 4. The van der Waals surface area contributed by atoms with E-state index in [2.05, 4.69) is 9.97 Å². The first-order valence-corrected chi connectivity index (χ1v) is 2.52. The first kappa shape index (κ1) is 6.60. The molecule has 4 nitrogen and oxygen atoms in total. The van der Waals surface area contributed by atoms with Crippen molar-refractivity contribution in [2.75, 3.05) is 5.73 Å². The van der Waals surface area contributed by atoms with Crippen molar-refractivity contribution in [1.29, 1.82) is 5.41 Å². The van der Waals surface area contributed by atoms with E-state index >= 15 is 0 Å². The summed E-state index contributed by atoms with van der Waals surface area (Å²) in [7, 11) is 0. The number of nitrogen functional groups attached to an aromatic ring is 1. The molecule has 1 heterocycles. The van der Waals surface area contributed by atoms with Gasteiger partial charge in [-0.25, -0.2) is 9.97 Å². The van der Waals surface area contributed by atoms with Crippen molar-refractivity contribution in [3.05, 3.63) is 17.8 Å². The minimum absolute atomic E-state index is 0.0556. The Labute approximate surface area is 56.4 Å². The van der Waals surface area contributed by atoms with Gasteiger partial charge in [-0.15, -0.1) is 0 Å². The summed E-state index contributed by atoms with van der Waals surface area (Å²) in [4.78, 5) is 6.73. The van der Waals surface area contributed by atoms with Crippen LogP contribution in [0.3, 0.4) is 0 Å². The SMILES string of the molecule is N=Cc1nc(F)cnc1N. The highest BCUT2D eigenvalue weighted by atomic mass is 19.1. The maximum Gasteiger partial charge on any atom is 0.232 e. The highest BCUT2D eigenvalue weighted by Crippen LogP contribution is 2.00. The Morgan fingerprint density at radius 1 is 1.70 bits per heavy atom. The van der Waals surface area contributed by atoms with E-state index in [1.165, 1.54) is 0 Å². The van der Waals surface area contributed by atoms with Crippen LogP contribution in [0.2, 0.25) is 0 Å². The summed E-state index contributed by atoms with van der Waals surface area (Å²) >= 11 is 0. The Bertz CT molecular complexity index is 260. The fourth-order valence-corrected chi connectivity index (χ4v) is 0.496. The molecule has 0 spiro atoms. The van der Waals surface area contributed by atoms with Gasteiger partial charge in [0.25, 0.3) is 0 Å². The molecule has 0 saturated carbocycles. The van der Waals surface area contributed by atoms with Crippen LogP contribution < -0.4 is 5.73 Å². The standard InChI is InChI=1S/C5H5FN4/c6-4-2-9-5(8)3(1-7)10-4/h1-2,7H,(H2,8,9). The lowest BCUT2D eigenvalue weighted by Gasteiger charge is -1.94. The summed E-state index contributed by atoms with van der Waals surface area (Å²) < 4.78 is 12.2. The quantitative estimate of drug-likeness (QED) is 0.547. The predicted octanol–water partition coefficient (Wildman–Crippen LogP) is 0.196. The Hall–Kier alpha value is -1.52. The second kappa shape index (κ2) is 2.38. The third-order valence-corrected chi connectivity index (χ3v) is 0.937. The van der Waals surface area contributed by atoms with Gasteiger partial charge in [-0.1, -0.05) is 0 Å².